The summed E-state index contributed by atoms with van der Waals surface area (Å²) in [7, 11) is 0. The lowest BCUT2D eigenvalue weighted by Crippen LogP contribution is -1.82. The Morgan fingerprint density at radius 2 is 2.18 bits per heavy atom. The second-order valence-corrected chi connectivity index (χ2v) is 10.7. The van der Waals surface area contributed by atoms with Crippen molar-refractivity contribution >= 4 is 34.3 Å². The molecule has 1 aliphatic heterocycles. The Balaban J connectivity index is 2.49. The molecule has 0 bridgehead atoms. The molecular formula is C7H8NPS2. The molecule has 0 aliphatic carbocycles. The van der Waals surface area contributed by atoms with Gasteiger partial charge in [0.2, 0.25) is 0 Å². The van der Waals surface area contributed by atoms with Crippen molar-refractivity contribution in [2.45, 2.75) is 4.90 Å². The average molecular weight is 201 g/mol. The summed E-state index contributed by atoms with van der Waals surface area (Å²) in [5, 5.41) is 2.04. The summed E-state index contributed by atoms with van der Waals surface area (Å²) in [4.78, 5) is 1.30. The van der Waals surface area contributed by atoms with Crippen LogP contribution in [-0.2, 0) is 11.8 Å². The van der Waals surface area contributed by atoms with E-state index in [0.717, 1.165) is 0 Å². The molecule has 0 saturated heterocycles. The zero-order chi connectivity index (χ0) is 7.90. The van der Waals surface area contributed by atoms with Crippen molar-refractivity contribution in [3.63, 3.8) is 0 Å². The second kappa shape index (κ2) is 2.51. The minimum absolute atomic E-state index is 1.21. The lowest BCUT2D eigenvalue weighted by Gasteiger charge is -2.05. The Kier molecular flexibility index (Phi) is 1.75. The van der Waals surface area contributed by atoms with Gasteiger partial charge in [-0.3, -0.25) is 0 Å². The van der Waals surface area contributed by atoms with E-state index in [1.54, 1.807) is 0 Å². The Bertz CT molecular complexity index is 308. The number of benzene rings is 1. The van der Waals surface area contributed by atoms with Gasteiger partial charge in [-0.2, -0.15) is 0 Å². The SMILES string of the molecule is CP1(=S)Nc2ccccc2S1. The first-order chi connectivity index (χ1) is 5.17. The number of hydrogen-bond donors (Lipinski definition) is 1. The quantitative estimate of drug-likeness (QED) is 0.648. The van der Waals surface area contributed by atoms with Crippen molar-refractivity contribution in [3.8, 4) is 0 Å². The maximum Gasteiger partial charge on any atom is 0.0881 e. The smallest absolute Gasteiger partial charge is 0.0881 e. The second-order valence-electron chi connectivity index (χ2n) is 2.55. The first kappa shape index (κ1) is 7.66. The molecule has 1 aromatic rings. The van der Waals surface area contributed by atoms with Crippen LogP contribution in [0.2, 0.25) is 0 Å². The van der Waals surface area contributed by atoms with Crippen LogP contribution in [0, 0.1) is 0 Å². The molecule has 11 heavy (non-hydrogen) atoms. The van der Waals surface area contributed by atoms with Gasteiger partial charge < -0.3 is 5.09 Å². The molecular weight excluding hydrogens is 193 g/mol. The fraction of sp³-hybridized carbons (Fsp3) is 0.143. The largest absolute Gasteiger partial charge is 0.349 e. The van der Waals surface area contributed by atoms with E-state index in [0.29, 0.717) is 0 Å². The van der Waals surface area contributed by atoms with E-state index in [-0.39, 0.29) is 0 Å². The normalized spacial score (nSPS) is 27.7. The summed E-state index contributed by atoms with van der Waals surface area (Å²) in [6.07, 6.45) is 0. The van der Waals surface area contributed by atoms with Crippen molar-refractivity contribution in [1.82, 2.24) is 0 Å². The zero-order valence-electron chi connectivity index (χ0n) is 6.07. The van der Waals surface area contributed by atoms with Crippen LogP contribution in [-0.4, -0.2) is 6.66 Å². The number of para-hydroxylation sites is 1. The van der Waals surface area contributed by atoms with Gasteiger partial charge in [0.1, 0.15) is 0 Å². The van der Waals surface area contributed by atoms with E-state index in [1.807, 2.05) is 23.5 Å². The molecule has 4 heteroatoms. The van der Waals surface area contributed by atoms with E-state index in [1.165, 1.54) is 10.6 Å². The van der Waals surface area contributed by atoms with Crippen molar-refractivity contribution in [3.05, 3.63) is 24.3 Å². The number of anilines is 1. The topological polar surface area (TPSA) is 12.0 Å². The number of nitrogens with one attached hydrogen (secondary N) is 1. The molecule has 1 N–H and O–H groups in total. The molecule has 1 aliphatic rings. The number of rotatable bonds is 0. The molecule has 0 saturated carbocycles. The minimum Gasteiger partial charge on any atom is -0.349 e. The summed E-state index contributed by atoms with van der Waals surface area (Å²) < 4.78 is 0. The van der Waals surface area contributed by atoms with Crippen LogP contribution < -0.4 is 5.09 Å². The lowest BCUT2D eigenvalue weighted by molar-refractivity contribution is 1.48. The Morgan fingerprint density at radius 3 is 2.91 bits per heavy atom. The van der Waals surface area contributed by atoms with E-state index in [9.17, 15) is 0 Å². The van der Waals surface area contributed by atoms with Gasteiger partial charge in [0, 0.05) is 4.90 Å². The van der Waals surface area contributed by atoms with Crippen LogP contribution in [0.4, 0.5) is 5.69 Å². The molecule has 1 unspecified atom stereocenters. The highest BCUT2D eigenvalue weighted by Gasteiger charge is 2.21. The van der Waals surface area contributed by atoms with Gasteiger partial charge in [-0.15, -0.1) is 0 Å². The minimum atomic E-state index is -1.33. The van der Waals surface area contributed by atoms with Gasteiger partial charge >= 0.3 is 0 Å². The molecule has 1 nitrogen and oxygen atoms in total. The molecule has 1 heterocycles. The third-order valence-corrected chi connectivity index (χ3v) is 5.89. The highest BCUT2D eigenvalue weighted by molar-refractivity contribution is 8.71. The first-order valence-electron chi connectivity index (χ1n) is 3.32. The van der Waals surface area contributed by atoms with Gasteiger partial charge in [-0.25, -0.2) is 0 Å². The van der Waals surface area contributed by atoms with Crippen LogP contribution in [0.25, 0.3) is 0 Å². The molecule has 58 valence electrons. The molecule has 0 fully saturated rings. The highest BCUT2D eigenvalue weighted by Crippen LogP contribution is 2.65. The van der Waals surface area contributed by atoms with Gasteiger partial charge in [-0.1, -0.05) is 35.3 Å². The fourth-order valence-electron chi connectivity index (χ4n) is 1.07. The molecule has 1 atom stereocenters. The summed E-state index contributed by atoms with van der Waals surface area (Å²) in [5.41, 5.74) is 1.21. The monoisotopic (exact) mass is 201 g/mol. The summed E-state index contributed by atoms with van der Waals surface area (Å²) in [6, 6.07) is 8.28. The predicted molar refractivity (Wildman–Crippen MR) is 56.1 cm³/mol. The van der Waals surface area contributed by atoms with Gasteiger partial charge in [0.15, 0.2) is 0 Å². The van der Waals surface area contributed by atoms with Crippen LogP contribution in [0.15, 0.2) is 29.2 Å². The van der Waals surface area contributed by atoms with Gasteiger partial charge in [-0.05, 0) is 18.8 Å². The molecule has 1 aromatic carbocycles. The third-order valence-electron chi connectivity index (χ3n) is 1.48. The van der Waals surface area contributed by atoms with Crippen LogP contribution in [0.5, 0.6) is 0 Å². The lowest BCUT2D eigenvalue weighted by atomic mass is 10.3. The zero-order valence-corrected chi connectivity index (χ0v) is 8.60. The van der Waals surface area contributed by atoms with Gasteiger partial charge in [0.05, 0.1) is 11.1 Å². The van der Waals surface area contributed by atoms with Crippen molar-refractivity contribution in [2.75, 3.05) is 11.8 Å². The third kappa shape index (κ3) is 1.46. The Hall–Kier alpha value is 0.0200. The van der Waals surface area contributed by atoms with E-state index >= 15 is 0 Å². The van der Waals surface area contributed by atoms with Gasteiger partial charge in [0.25, 0.3) is 0 Å². The predicted octanol–water partition coefficient (Wildman–Crippen LogP) is 3.14. The molecule has 0 radical (unpaired) electrons. The first-order valence-corrected chi connectivity index (χ1v) is 7.99. The summed E-state index contributed by atoms with van der Waals surface area (Å²) >= 11 is 7.18. The highest BCUT2D eigenvalue weighted by atomic mass is 32.9. The Labute approximate surface area is 75.4 Å². The molecule has 2 rings (SSSR count). The molecule has 0 amide bonds. The van der Waals surface area contributed by atoms with Crippen molar-refractivity contribution in [2.24, 2.45) is 0 Å². The van der Waals surface area contributed by atoms with Crippen molar-refractivity contribution in [1.29, 1.82) is 0 Å². The van der Waals surface area contributed by atoms with Crippen molar-refractivity contribution < 1.29 is 0 Å². The van der Waals surface area contributed by atoms with Crippen LogP contribution in [0.3, 0.4) is 0 Å². The van der Waals surface area contributed by atoms with Crippen LogP contribution in [0.1, 0.15) is 0 Å². The number of hydrogen-bond acceptors (Lipinski definition) is 2. The number of fused-ring (bicyclic) bond motifs is 1. The van der Waals surface area contributed by atoms with E-state index in [4.69, 9.17) is 11.8 Å². The summed E-state index contributed by atoms with van der Waals surface area (Å²) in [5.74, 6) is 0. The van der Waals surface area contributed by atoms with E-state index in [2.05, 4.69) is 23.9 Å². The molecule has 0 spiro atoms. The standard InChI is InChI=1S/C7H8NPS2/c1-9(10)8-6-4-2-3-5-7(6)11-9/h2-5H,1H3,(H,8,10). The summed E-state index contributed by atoms with van der Waals surface area (Å²) in [6.45, 7) is 2.12. The fourth-order valence-corrected chi connectivity index (χ4v) is 5.61. The maximum atomic E-state index is 5.38. The maximum absolute atomic E-state index is 5.38. The Morgan fingerprint density at radius 1 is 1.45 bits per heavy atom. The van der Waals surface area contributed by atoms with E-state index < -0.39 is 5.39 Å². The van der Waals surface area contributed by atoms with Crippen LogP contribution >= 0.6 is 16.8 Å². The average Bonchev–Trinajstić information content (AvgIpc) is 2.21. The molecule has 0 aromatic heterocycles.